The first-order valence-electron chi connectivity index (χ1n) is 9.18. The smallest absolute Gasteiger partial charge is 0.414 e. The topological polar surface area (TPSA) is 81.3 Å². The van der Waals surface area contributed by atoms with Gasteiger partial charge in [0.05, 0.1) is 12.6 Å². The van der Waals surface area contributed by atoms with E-state index in [1.54, 1.807) is 41.5 Å². The average molecular weight is 401 g/mol. The molecule has 0 bridgehead atoms. The Morgan fingerprint density at radius 1 is 1.21 bits per heavy atom. The molecule has 0 spiro atoms. The average Bonchev–Trinajstić information content (AvgIpc) is 2.87. The third kappa shape index (κ3) is 5.00. The van der Waals surface area contributed by atoms with Gasteiger partial charge in [-0.1, -0.05) is 5.92 Å². The van der Waals surface area contributed by atoms with Gasteiger partial charge in [-0.3, -0.25) is 9.58 Å². The first kappa shape index (κ1) is 22.1. The first-order valence-corrected chi connectivity index (χ1v) is 9.18. The molecule has 9 heteroatoms. The van der Waals surface area contributed by atoms with Crippen LogP contribution in [-0.4, -0.2) is 58.2 Å². The molecule has 0 radical (unpaired) electrons. The van der Waals surface area contributed by atoms with Crippen molar-refractivity contribution in [3.63, 3.8) is 0 Å². The molecule has 1 aliphatic rings. The largest absolute Gasteiger partial charge is 0.444 e. The van der Waals surface area contributed by atoms with Crippen molar-refractivity contribution in [3.8, 4) is 12.3 Å². The Kier molecular flexibility index (Phi) is 5.84. The zero-order chi connectivity index (χ0) is 22.1. The number of nitrogens with zero attached hydrogens (tertiary/aromatic N) is 5. The summed E-state index contributed by atoms with van der Waals surface area (Å²) in [6.45, 7) is 18.8. The highest BCUT2D eigenvalue weighted by molar-refractivity contribution is 5.92. The van der Waals surface area contributed by atoms with Crippen molar-refractivity contribution in [2.45, 2.75) is 58.8 Å². The molecule has 2 rings (SSSR count). The van der Waals surface area contributed by atoms with Crippen LogP contribution < -0.4 is 4.90 Å². The van der Waals surface area contributed by atoms with E-state index in [1.807, 2.05) is 0 Å². The third-order valence-electron chi connectivity index (χ3n) is 3.95. The third-order valence-corrected chi connectivity index (χ3v) is 3.95. The number of hydrogen-bond acceptors (Lipinski definition) is 5. The monoisotopic (exact) mass is 401 g/mol. The molecule has 0 aromatic carbocycles. The first-order chi connectivity index (χ1) is 13.3. The Balaban J connectivity index is 2.29. The fraction of sp³-hybridized carbons (Fsp3) is 0.600. The van der Waals surface area contributed by atoms with Crippen LogP contribution in [0.5, 0.6) is 0 Å². The van der Waals surface area contributed by atoms with Crippen molar-refractivity contribution >= 4 is 23.7 Å². The van der Waals surface area contributed by atoms with Crippen LogP contribution in [0, 0.1) is 18.9 Å². The molecule has 0 atom stereocenters. The number of carbonyl (C=O) groups is 2. The number of likely N-dealkylation sites (tertiary alicyclic amines) is 1. The maximum atomic E-state index is 12.6. The zero-order valence-corrected chi connectivity index (χ0v) is 17.9. The lowest BCUT2D eigenvalue weighted by Crippen LogP contribution is -2.53. The van der Waals surface area contributed by atoms with E-state index in [0.717, 1.165) is 0 Å². The minimum absolute atomic E-state index is 0.0941. The SMILES string of the molecule is [C-]#[N+]c1c(C#C)nn(C2CN(C(=O)OC(C)(C)C)C2)c1N(C)C(=O)OC(C)(C)C. The van der Waals surface area contributed by atoms with Gasteiger partial charge in [0.15, 0.2) is 0 Å². The molecule has 1 fully saturated rings. The van der Waals surface area contributed by atoms with Crippen LogP contribution in [0.25, 0.3) is 4.85 Å². The van der Waals surface area contributed by atoms with Crippen LogP contribution in [0.1, 0.15) is 53.3 Å². The summed E-state index contributed by atoms with van der Waals surface area (Å²) in [5.41, 5.74) is -1.06. The minimum atomic E-state index is -0.701. The van der Waals surface area contributed by atoms with Crippen LogP contribution in [0.4, 0.5) is 21.1 Å². The Morgan fingerprint density at radius 2 is 1.76 bits per heavy atom. The van der Waals surface area contributed by atoms with E-state index in [-0.39, 0.29) is 23.2 Å². The van der Waals surface area contributed by atoms with Crippen molar-refractivity contribution in [1.29, 1.82) is 0 Å². The number of terminal acetylenes is 1. The maximum Gasteiger partial charge on any atom is 0.414 e. The number of aromatic nitrogens is 2. The molecule has 2 heterocycles. The van der Waals surface area contributed by atoms with E-state index in [2.05, 4.69) is 15.9 Å². The molecule has 1 aromatic heterocycles. The van der Waals surface area contributed by atoms with Crippen LogP contribution in [-0.2, 0) is 9.47 Å². The molecule has 156 valence electrons. The highest BCUT2D eigenvalue weighted by atomic mass is 16.6. The molecular weight excluding hydrogens is 374 g/mol. The lowest BCUT2D eigenvalue weighted by atomic mass is 10.1. The van der Waals surface area contributed by atoms with Gasteiger partial charge >= 0.3 is 12.2 Å². The van der Waals surface area contributed by atoms with Gasteiger partial charge in [-0.15, -0.1) is 6.42 Å². The Labute approximate surface area is 171 Å². The van der Waals surface area contributed by atoms with Gasteiger partial charge in [-0.2, -0.15) is 5.10 Å². The standard InChI is InChI=1S/C20H27N5O4/c1-10-14-15(21-8)16(23(9)17(26)28-19(2,3)4)25(22-14)13-11-24(12-13)18(27)29-20(5,6)7/h1,13H,11-12H2,2-7,9H3. The summed E-state index contributed by atoms with van der Waals surface area (Å²) in [4.78, 5) is 31.0. The van der Waals surface area contributed by atoms with Gasteiger partial charge in [0.2, 0.25) is 0 Å². The van der Waals surface area contributed by atoms with Crippen molar-refractivity contribution in [2.75, 3.05) is 25.0 Å². The number of anilines is 1. The number of carbonyl (C=O) groups excluding carboxylic acids is 2. The van der Waals surface area contributed by atoms with Gasteiger partial charge in [-0.25, -0.2) is 14.4 Å². The summed E-state index contributed by atoms with van der Waals surface area (Å²) >= 11 is 0. The number of hydrogen-bond donors (Lipinski definition) is 0. The zero-order valence-electron chi connectivity index (χ0n) is 17.9. The van der Waals surface area contributed by atoms with Crippen molar-refractivity contribution in [2.24, 2.45) is 0 Å². The predicted molar refractivity (Wildman–Crippen MR) is 108 cm³/mol. The molecule has 29 heavy (non-hydrogen) atoms. The summed E-state index contributed by atoms with van der Waals surface area (Å²) < 4.78 is 12.3. The Bertz CT molecular complexity index is 886. The molecule has 0 saturated carbocycles. The van der Waals surface area contributed by atoms with Crippen molar-refractivity contribution < 1.29 is 19.1 Å². The molecule has 1 saturated heterocycles. The van der Waals surface area contributed by atoms with Crippen LogP contribution in [0.2, 0.25) is 0 Å². The lowest BCUT2D eigenvalue weighted by Gasteiger charge is -2.40. The normalized spacial score (nSPS) is 14.4. The second-order valence-corrected chi connectivity index (χ2v) is 8.80. The molecule has 0 aliphatic carbocycles. The fourth-order valence-electron chi connectivity index (χ4n) is 2.69. The van der Waals surface area contributed by atoms with E-state index in [1.165, 1.54) is 21.5 Å². The fourth-order valence-corrected chi connectivity index (χ4v) is 2.69. The quantitative estimate of drug-likeness (QED) is 0.559. The summed E-state index contributed by atoms with van der Waals surface area (Å²) in [6, 6.07) is -0.245. The summed E-state index contributed by atoms with van der Waals surface area (Å²) in [5, 5.41) is 4.33. The van der Waals surface area contributed by atoms with E-state index >= 15 is 0 Å². The van der Waals surface area contributed by atoms with Gasteiger partial charge < -0.3 is 14.4 Å². The molecular formula is C20H27N5O4. The van der Waals surface area contributed by atoms with Crippen LogP contribution >= 0.6 is 0 Å². The van der Waals surface area contributed by atoms with Crippen molar-refractivity contribution in [1.82, 2.24) is 14.7 Å². The molecule has 2 amide bonds. The Morgan fingerprint density at radius 3 is 2.21 bits per heavy atom. The summed E-state index contributed by atoms with van der Waals surface area (Å²) in [7, 11) is 1.50. The minimum Gasteiger partial charge on any atom is -0.444 e. The summed E-state index contributed by atoms with van der Waals surface area (Å²) in [6.07, 6.45) is 4.45. The second-order valence-electron chi connectivity index (χ2n) is 8.80. The number of rotatable bonds is 2. The molecule has 0 N–H and O–H groups in total. The molecule has 0 unspecified atom stereocenters. The lowest BCUT2D eigenvalue weighted by molar-refractivity contribution is -0.000361. The predicted octanol–water partition coefficient (Wildman–Crippen LogP) is 3.58. The molecule has 9 nitrogen and oxygen atoms in total. The highest BCUT2D eigenvalue weighted by Crippen LogP contribution is 2.37. The van der Waals surface area contributed by atoms with Gasteiger partial charge in [0.25, 0.3) is 5.69 Å². The van der Waals surface area contributed by atoms with Crippen molar-refractivity contribution in [3.05, 3.63) is 17.1 Å². The Hall–Kier alpha value is -3.20. The van der Waals surface area contributed by atoms with Gasteiger partial charge in [0, 0.05) is 20.1 Å². The maximum absolute atomic E-state index is 12.6. The van der Waals surface area contributed by atoms with E-state index in [0.29, 0.717) is 13.1 Å². The van der Waals surface area contributed by atoms with Gasteiger partial charge in [-0.05, 0) is 41.5 Å². The van der Waals surface area contributed by atoms with Gasteiger partial charge in [0.1, 0.15) is 22.7 Å². The van der Waals surface area contributed by atoms with E-state index in [9.17, 15) is 9.59 Å². The highest BCUT2D eigenvalue weighted by Gasteiger charge is 2.39. The second kappa shape index (κ2) is 7.67. The number of ether oxygens (including phenoxy) is 2. The van der Waals surface area contributed by atoms with Crippen LogP contribution in [0.15, 0.2) is 0 Å². The summed E-state index contributed by atoms with van der Waals surface area (Å²) in [5.74, 6) is 2.63. The number of amides is 2. The van der Waals surface area contributed by atoms with Crippen LogP contribution in [0.3, 0.4) is 0 Å². The molecule has 1 aromatic rings. The van der Waals surface area contributed by atoms with E-state index < -0.39 is 23.4 Å². The molecule has 1 aliphatic heterocycles. The van der Waals surface area contributed by atoms with E-state index in [4.69, 9.17) is 22.5 Å².